The van der Waals surface area contributed by atoms with Crippen molar-refractivity contribution in [3.05, 3.63) is 41.3 Å². The number of hydrogen-bond acceptors (Lipinski definition) is 6. The van der Waals surface area contributed by atoms with E-state index in [0.29, 0.717) is 48.3 Å². The van der Waals surface area contributed by atoms with E-state index in [1.165, 1.54) is 31.4 Å². The van der Waals surface area contributed by atoms with Crippen LogP contribution in [0.2, 0.25) is 0 Å². The fraction of sp³-hybridized carbons (Fsp3) is 0.533. The van der Waals surface area contributed by atoms with Gasteiger partial charge >= 0.3 is 5.97 Å². The fourth-order valence-corrected chi connectivity index (χ4v) is 5.83. The fourth-order valence-electron chi connectivity index (χ4n) is 5.83. The Hall–Kier alpha value is -3.73. The SMILES string of the molecule is CN[C@@H](C)C(=O)NC(C(=O)N1CCN(C(=O)c2c(/C=C/C(=O)OC)c3cc(F)ccc3n2C)CC1)C1CCCCC1. The number of aromatic nitrogens is 1. The van der Waals surface area contributed by atoms with Crippen molar-refractivity contribution in [3.63, 3.8) is 0 Å². The van der Waals surface area contributed by atoms with Crippen molar-refractivity contribution < 1.29 is 28.3 Å². The number of aryl methyl sites for hydroxylation is 1. The van der Waals surface area contributed by atoms with E-state index in [0.717, 1.165) is 32.1 Å². The number of carbonyl (C=O) groups excluding carboxylic acids is 4. The number of benzene rings is 1. The minimum Gasteiger partial charge on any atom is -0.466 e. The molecule has 1 aromatic heterocycles. The standard InChI is InChI=1S/C30H40FN5O5/c1-19(32-2)28(38)33-26(20-8-6-5-7-9-20)29(39)35-14-16-36(17-15-35)30(40)27-22(11-13-25(37)41-4)23-18-21(31)10-12-24(23)34(27)3/h10-13,18-20,26,32H,5-9,14-17H2,1-4H3,(H,33,38)/b13-11+/t19-,26?/m0/s1. The van der Waals surface area contributed by atoms with Crippen LogP contribution in [0.25, 0.3) is 17.0 Å². The number of nitrogens with zero attached hydrogens (tertiary/aromatic N) is 3. The van der Waals surface area contributed by atoms with E-state index in [4.69, 9.17) is 4.74 Å². The van der Waals surface area contributed by atoms with Crippen molar-refractivity contribution in [1.82, 2.24) is 25.0 Å². The molecule has 10 nitrogen and oxygen atoms in total. The van der Waals surface area contributed by atoms with Crippen LogP contribution in [0.5, 0.6) is 0 Å². The molecule has 3 amide bonds. The zero-order valence-electron chi connectivity index (χ0n) is 24.2. The zero-order valence-corrected chi connectivity index (χ0v) is 24.2. The summed E-state index contributed by atoms with van der Waals surface area (Å²) in [4.78, 5) is 55.5. The zero-order chi connectivity index (χ0) is 29.7. The van der Waals surface area contributed by atoms with Gasteiger partial charge in [-0.3, -0.25) is 14.4 Å². The van der Waals surface area contributed by atoms with Crippen LogP contribution in [0, 0.1) is 11.7 Å². The molecular formula is C30H40FN5O5. The summed E-state index contributed by atoms with van der Waals surface area (Å²) in [7, 11) is 4.70. The first-order valence-corrected chi connectivity index (χ1v) is 14.3. The Kier molecular flexibility index (Phi) is 9.80. The predicted molar refractivity (Wildman–Crippen MR) is 153 cm³/mol. The summed E-state index contributed by atoms with van der Waals surface area (Å²) < 4.78 is 20.6. The number of hydrogen-bond donors (Lipinski definition) is 2. The molecule has 41 heavy (non-hydrogen) atoms. The van der Waals surface area contributed by atoms with Crippen LogP contribution in [0.4, 0.5) is 4.39 Å². The molecule has 2 atom stereocenters. The molecule has 1 saturated heterocycles. The number of nitrogens with one attached hydrogen (secondary N) is 2. The van der Waals surface area contributed by atoms with Gasteiger partial charge in [-0.2, -0.15) is 0 Å². The summed E-state index contributed by atoms with van der Waals surface area (Å²) in [6.07, 6.45) is 7.69. The van der Waals surface area contributed by atoms with Gasteiger partial charge in [-0.15, -0.1) is 0 Å². The van der Waals surface area contributed by atoms with E-state index in [9.17, 15) is 23.6 Å². The van der Waals surface area contributed by atoms with E-state index < -0.39 is 23.9 Å². The molecule has 0 radical (unpaired) electrons. The lowest BCUT2D eigenvalue weighted by atomic mass is 9.83. The number of esters is 1. The lowest BCUT2D eigenvalue weighted by Crippen LogP contribution is -2.59. The average molecular weight is 570 g/mol. The molecule has 1 aliphatic heterocycles. The van der Waals surface area contributed by atoms with E-state index in [2.05, 4.69) is 10.6 Å². The Labute approximate surface area is 239 Å². The van der Waals surface area contributed by atoms with Crippen molar-refractivity contribution in [3.8, 4) is 0 Å². The number of methoxy groups -OCH3 is 1. The summed E-state index contributed by atoms with van der Waals surface area (Å²) >= 11 is 0. The lowest BCUT2D eigenvalue weighted by molar-refractivity contribution is -0.140. The van der Waals surface area contributed by atoms with Gasteiger partial charge in [0.2, 0.25) is 11.8 Å². The number of carbonyl (C=O) groups is 4. The molecule has 2 heterocycles. The summed E-state index contributed by atoms with van der Waals surface area (Å²) in [6, 6.07) is 3.26. The first-order chi connectivity index (χ1) is 19.7. The molecule has 0 spiro atoms. The van der Waals surface area contributed by atoms with Crippen molar-refractivity contribution in [2.75, 3.05) is 40.3 Å². The third-order valence-electron chi connectivity index (χ3n) is 8.38. The average Bonchev–Trinajstić information content (AvgIpc) is 3.27. The maximum atomic E-state index is 14.2. The predicted octanol–water partition coefficient (Wildman–Crippen LogP) is 2.46. The largest absolute Gasteiger partial charge is 0.466 e. The van der Waals surface area contributed by atoms with Crippen molar-refractivity contribution in [2.24, 2.45) is 13.0 Å². The smallest absolute Gasteiger partial charge is 0.330 e. The molecule has 4 rings (SSSR count). The third kappa shape index (κ3) is 6.61. The van der Waals surface area contributed by atoms with Crippen LogP contribution in [-0.4, -0.2) is 90.5 Å². The number of piperazine rings is 1. The molecule has 1 aliphatic carbocycles. The number of fused-ring (bicyclic) bond motifs is 1. The minimum absolute atomic E-state index is 0.0873. The van der Waals surface area contributed by atoms with Crippen molar-refractivity contribution in [1.29, 1.82) is 0 Å². The van der Waals surface area contributed by atoms with Gasteiger partial charge in [-0.1, -0.05) is 19.3 Å². The van der Waals surface area contributed by atoms with Gasteiger partial charge in [0.25, 0.3) is 5.91 Å². The number of halogens is 1. The first-order valence-electron chi connectivity index (χ1n) is 14.3. The monoisotopic (exact) mass is 569 g/mol. The van der Waals surface area contributed by atoms with Crippen LogP contribution in [0.15, 0.2) is 24.3 Å². The molecule has 1 aromatic carbocycles. The van der Waals surface area contributed by atoms with Crippen LogP contribution in [0.3, 0.4) is 0 Å². The molecule has 0 bridgehead atoms. The van der Waals surface area contributed by atoms with Gasteiger partial charge in [0, 0.05) is 55.8 Å². The molecule has 1 saturated carbocycles. The summed E-state index contributed by atoms with van der Waals surface area (Å²) in [5.41, 5.74) is 1.39. The Morgan fingerprint density at radius 2 is 1.71 bits per heavy atom. The Morgan fingerprint density at radius 3 is 2.34 bits per heavy atom. The molecule has 2 aliphatic rings. The highest BCUT2D eigenvalue weighted by atomic mass is 19.1. The van der Waals surface area contributed by atoms with Crippen LogP contribution < -0.4 is 10.6 Å². The van der Waals surface area contributed by atoms with E-state index in [-0.39, 0.29) is 23.6 Å². The van der Waals surface area contributed by atoms with Gasteiger partial charge in [-0.25, -0.2) is 9.18 Å². The quantitative estimate of drug-likeness (QED) is 0.373. The highest BCUT2D eigenvalue weighted by Crippen LogP contribution is 2.30. The highest BCUT2D eigenvalue weighted by Gasteiger charge is 2.36. The molecule has 1 unspecified atom stereocenters. The molecule has 2 N–H and O–H groups in total. The third-order valence-corrected chi connectivity index (χ3v) is 8.38. The maximum Gasteiger partial charge on any atom is 0.330 e. The van der Waals surface area contributed by atoms with Gasteiger partial charge in [0.05, 0.1) is 13.2 Å². The Balaban J connectivity index is 1.53. The molecule has 11 heteroatoms. The lowest BCUT2D eigenvalue weighted by Gasteiger charge is -2.39. The van der Waals surface area contributed by atoms with Gasteiger partial charge < -0.3 is 29.7 Å². The van der Waals surface area contributed by atoms with E-state index in [1.54, 1.807) is 41.5 Å². The second kappa shape index (κ2) is 13.3. The summed E-state index contributed by atoms with van der Waals surface area (Å²) in [5.74, 6) is -1.55. The first kappa shape index (κ1) is 30.2. The van der Waals surface area contributed by atoms with E-state index >= 15 is 0 Å². The second-order valence-electron chi connectivity index (χ2n) is 10.9. The van der Waals surface area contributed by atoms with Gasteiger partial charge in [-0.05, 0) is 57.0 Å². The Morgan fingerprint density at radius 1 is 1.05 bits per heavy atom. The summed E-state index contributed by atoms with van der Waals surface area (Å²) in [6.45, 7) is 3.03. The number of amides is 3. The van der Waals surface area contributed by atoms with Crippen LogP contribution in [0.1, 0.15) is 55.1 Å². The summed E-state index contributed by atoms with van der Waals surface area (Å²) in [5, 5.41) is 6.44. The molecule has 2 fully saturated rings. The topological polar surface area (TPSA) is 113 Å². The normalized spacial score (nSPS) is 18.0. The van der Waals surface area contributed by atoms with Gasteiger partial charge in [0.1, 0.15) is 17.6 Å². The van der Waals surface area contributed by atoms with Crippen molar-refractivity contribution in [2.45, 2.75) is 51.1 Å². The molecular weight excluding hydrogens is 529 g/mol. The number of ether oxygens (including phenoxy) is 1. The minimum atomic E-state index is -0.594. The van der Waals surface area contributed by atoms with E-state index in [1.807, 2.05) is 0 Å². The van der Waals surface area contributed by atoms with Gasteiger partial charge in [0.15, 0.2) is 0 Å². The van der Waals surface area contributed by atoms with Crippen LogP contribution >= 0.6 is 0 Å². The maximum absolute atomic E-state index is 14.2. The highest BCUT2D eigenvalue weighted by molar-refractivity contribution is 6.06. The molecule has 2 aromatic rings. The van der Waals surface area contributed by atoms with Crippen molar-refractivity contribution >= 4 is 40.7 Å². The van der Waals surface area contributed by atoms with Crippen LogP contribution in [-0.2, 0) is 26.2 Å². The molecule has 222 valence electrons. The number of likely N-dealkylation sites (N-methyl/N-ethyl adjacent to an activating group) is 1. The second-order valence-corrected chi connectivity index (χ2v) is 10.9. The number of rotatable bonds is 8. The Bertz CT molecular complexity index is 1320.